The van der Waals surface area contributed by atoms with E-state index in [1.165, 1.54) is 0 Å². The second-order valence-corrected chi connectivity index (χ2v) is 9.10. The Labute approximate surface area is 175 Å². The highest BCUT2D eigenvalue weighted by atomic mass is 32.2. The van der Waals surface area contributed by atoms with E-state index in [9.17, 15) is 13.2 Å². The van der Waals surface area contributed by atoms with Crippen LogP contribution in [-0.2, 0) is 23.0 Å². The van der Waals surface area contributed by atoms with Crippen molar-refractivity contribution in [3.8, 4) is 17.1 Å². The lowest BCUT2D eigenvalue weighted by atomic mass is 10.1. The molecule has 7 nitrogen and oxygen atoms in total. The lowest BCUT2D eigenvalue weighted by Gasteiger charge is -2.09. The number of anilines is 1. The van der Waals surface area contributed by atoms with Crippen LogP contribution in [0.4, 0.5) is 5.69 Å². The van der Waals surface area contributed by atoms with Crippen molar-refractivity contribution < 1.29 is 17.9 Å². The molecular weight excluding hydrogens is 402 g/mol. The van der Waals surface area contributed by atoms with Crippen LogP contribution >= 0.6 is 0 Å². The number of nitrogens with one attached hydrogen (secondary N) is 1. The van der Waals surface area contributed by atoms with Gasteiger partial charge in [0, 0.05) is 17.8 Å². The summed E-state index contributed by atoms with van der Waals surface area (Å²) in [7, 11) is -3.36. The lowest BCUT2D eigenvalue weighted by Crippen LogP contribution is -2.13. The molecule has 0 aliphatic carbocycles. The fourth-order valence-electron chi connectivity index (χ4n) is 3.65. The molecule has 1 aliphatic rings. The third-order valence-electron chi connectivity index (χ3n) is 4.96. The first-order valence-corrected chi connectivity index (χ1v) is 11.7. The summed E-state index contributed by atoms with van der Waals surface area (Å²) in [6.45, 7) is 0.825. The molecule has 8 heteroatoms. The molecule has 3 aromatic rings. The maximum atomic E-state index is 12.9. The van der Waals surface area contributed by atoms with Crippen LogP contribution in [0, 0.1) is 0 Å². The van der Waals surface area contributed by atoms with Crippen LogP contribution in [-0.4, -0.2) is 30.2 Å². The van der Waals surface area contributed by atoms with Gasteiger partial charge in [-0.1, -0.05) is 36.8 Å². The molecule has 0 bridgehead atoms. The number of sulfonamides is 1. The van der Waals surface area contributed by atoms with Crippen LogP contribution < -0.4 is 9.46 Å². The Kier molecular flexibility index (Phi) is 5.59. The average molecular weight is 426 g/mol. The van der Waals surface area contributed by atoms with E-state index in [1.54, 1.807) is 24.3 Å². The number of rotatable bonds is 5. The minimum absolute atomic E-state index is 0.329. The van der Waals surface area contributed by atoms with E-state index < -0.39 is 16.0 Å². The van der Waals surface area contributed by atoms with Gasteiger partial charge in [0.05, 0.1) is 11.9 Å². The van der Waals surface area contributed by atoms with Gasteiger partial charge in [-0.25, -0.2) is 18.2 Å². The molecule has 2 heterocycles. The maximum Gasteiger partial charge on any atom is 0.364 e. The summed E-state index contributed by atoms with van der Waals surface area (Å²) in [5, 5.41) is 0. The van der Waals surface area contributed by atoms with E-state index in [0.717, 1.165) is 55.6 Å². The Balaban J connectivity index is 1.62. The zero-order valence-corrected chi connectivity index (χ0v) is 17.5. The largest absolute Gasteiger partial charge is 0.422 e. The van der Waals surface area contributed by atoms with E-state index in [4.69, 9.17) is 4.74 Å². The fraction of sp³-hybridized carbons (Fsp3) is 0.273. The van der Waals surface area contributed by atoms with E-state index in [-0.39, 0.29) is 0 Å². The molecule has 0 radical (unpaired) electrons. The zero-order chi connectivity index (χ0) is 21.1. The van der Waals surface area contributed by atoms with E-state index in [0.29, 0.717) is 17.1 Å². The molecule has 2 aromatic carbocycles. The van der Waals surface area contributed by atoms with Crippen LogP contribution in [0.5, 0.6) is 5.75 Å². The minimum Gasteiger partial charge on any atom is -0.422 e. The standard InChI is InChI=1S/C22H23N3O4S/c1-30(27,28)24-17-11-13-18(14-12-17)29-22(26)20-19-10-6-3-7-15-25(19)21(23-20)16-8-4-2-5-9-16/h2,4-5,8-9,11-14,24H,3,6-7,10,15H2,1H3. The predicted molar refractivity (Wildman–Crippen MR) is 115 cm³/mol. The number of carbonyl (C=O) groups is 1. The van der Waals surface area contributed by atoms with Crippen molar-refractivity contribution in [1.82, 2.24) is 9.55 Å². The molecular formula is C22H23N3O4S. The van der Waals surface area contributed by atoms with Gasteiger partial charge >= 0.3 is 5.97 Å². The second-order valence-electron chi connectivity index (χ2n) is 7.35. The normalized spacial score (nSPS) is 13.9. The maximum absolute atomic E-state index is 12.9. The van der Waals surface area contributed by atoms with Gasteiger partial charge in [0.25, 0.3) is 0 Å². The molecule has 0 saturated heterocycles. The summed E-state index contributed by atoms with van der Waals surface area (Å²) in [5.41, 5.74) is 2.62. The van der Waals surface area contributed by atoms with Crippen LogP contribution in [0.25, 0.3) is 11.4 Å². The Morgan fingerprint density at radius 1 is 1.03 bits per heavy atom. The molecule has 30 heavy (non-hydrogen) atoms. The van der Waals surface area contributed by atoms with Crippen molar-refractivity contribution in [1.29, 1.82) is 0 Å². The number of hydrogen-bond acceptors (Lipinski definition) is 5. The molecule has 1 N–H and O–H groups in total. The monoisotopic (exact) mass is 425 g/mol. The van der Waals surface area contributed by atoms with Crippen LogP contribution in [0.1, 0.15) is 35.4 Å². The Bertz CT molecular complexity index is 1150. The SMILES string of the molecule is CS(=O)(=O)Nc1ccc(OC(=O)c2nc(-c3ccccc3)n3c2CCCCC3)cc1. The fourth-order valence-corrected chi connectivity index (χ4v) is 4.22. The van der Waals surface area contributed by atoms with Crippen molar-refractivity contribution in [2.75, 3.05) is 11.0 Å². The Morgan fingerprint density at radius 2 is 1.77 bits per heavy atom. The van der Waals surface area contributed by atoms with Gasteiger partial charge in [0.1, 0.15) is 11.6 Å². The smallest absolute Gasteiger partial charge is 0.364 e. The van der Waals surface area contributed by atoms with Gasteiger partial charge in [0.15, 0.2) is 5.69 Å². The molecule has 0 fully saturated rings. The lowest BCUT2D eigenvalue weighted by molar-refractivity contribution is 0.0727. The number of hydrogen-bond donors (Lipinski definition) is 1. The molecule has 1 aromatic heterocycles. The summed E-state index contributed by atoms with van der Waals surface area (Å²) in [5.74, 6) is 0.606. The number of imidazole rings is 1. The molecule has 0 saturated carbocycles. The van der Waals surface area contributed by atoms with Crippen molar-refractivity contribution in [3.63, 3.8) is 0 Å². The van der Waals surface area contributed by atoms with Gasteiger partial charge in [0.2, 0.25) is 10.0 Å². The number of carbonyl (C=O) groups excluding carboxylic acids is 1. The van der Waals surface area contributed by atoms with E-state index in [1.807, 2.05) is 30.3 Å². The van der Waals surface area contributed by atoms with Gasteiger partial charge in [-0.15, -0.1) is 0 Å². The van der Waals surface area contributed by atoms with Gasteiger partial charge in [-0.2, -0.15) is 0 Å². The number of fused-ring (bicyclic) bond motifs is 1. The van der Waals surface area contributed by atoms with Crippen molar-refractivity contribution in [3.05, 3.63) is 66.0 Å². The average Bonchev–Trinajstić information content (AvgIpc) is 2.90. The minimum atomic E-state index is -3.36. The van der Waals surface area contributed by atoms with Crippen molar-refractivity contribution >= 4 is 21.7 Å². The molecule has 156 valence electrons. The summed E-state index contributed by atoms with van der Waals surface area (Å²) < 4.78 is 32.7. The quantitative estimate of drug-likeness (QED) is 0.495. The van der Waals surface area contributed by atoms with Gasteiger partial charge < -0.3 is 9.30 Å². The number of nitrogens with zero attached hydrogens (tertiary/aromatic N) is 2. The number of ether oxygens (including phenoxy) is 1. The van der Waals surface area contributed by atoms with Crippen LogP contribution in [0.2, 0.25) is 0 Å². The van der Waals surface area contributed by atoms with Crippen LogP contribution in [0.3, 0.4) is 0 Å². The molecule has 0 spiro atoms. The number of esters is 1. The van der Waals surface area contributed by atoms with E-state index >= 15 is 0 Å². The first-order chi connectivity index (χ1) is 14.4. The van der Waals surface area contributed by atoms with Gasteiger partial charge in [-0.05, 0) is 43.5 Å². The predicted octanol–water partition coefficient (Wildman–Crippen LogP) is 3.87. The zero-order valence-electron chi connectivity index (χ0n) is 16.7. The molecule has 0 unspecified atom stereocenters. The first-order valence-electron chi connectivity index (χ1n) is 9.85. The topological polar surface area (TPSA) is 90.3 Å². The van der Waals surface area contributed by atoms with Gasteiger partial charge in [-0.3, -0.25) is 4.72 Å². The number of aromatic nitrogens is 2. The van der Waals surface area contributed by atoms with Crippen molar-refractivity contribution in [2.45, 2.75) is 32.2 Å². The van der Waals surface area contributed by atoms with E-state index in [2.05, 4.69) is 14.3 Å². The molecule has 1 aliphatic heterocycles. The summed E-state index contributed by atoms with van der Waals surface area (Å²) in [6.07, 6.45) is 5.02. The Hall–Kier alpha value is -3.13. The third-order valence-corrected chi connectivity index (χ3v) is 5.57. The first kappa shape index (κ1) is 20.2. The highest BCUT2D eigenvalue weighted by molar-refractivity contribution is 7.92. The summed E-state index contributed by atoms with van der Waals surface area (Å²) >= 11 is 0. The summed E-state index contributed by atoms with van der Waals surface area (Å²) in [6, 6.07) is 16.0. The molecule has 4 rings (SSSR count). The highest BCUT2D eigenvalue weighted by Crippen LogP contribution is 2.28. The van der Waals surface area contributed by atoms with Crippen LogP contribution in [0.15, 0.2) is 54.6 Å². The molecule has 0 atom stereocenters. The summed E-state index contributed by atoms with van der Waals surface area (Å²) in [4.78, 5) is 17.6. The number of benzene rings is 2. The Morgan fingerprint density at radius 3 is 2.47 bits per heavy atom. The highest BCUT2D eigenvalue weighted by Gasteiger charge is 2.25. The second kappa shape index (κ2) is 8.31. The molecule has 0 amide bonds. The third kappa shape index (κ3) is 4.54. The van der Waals surface area contributed by atoms with Crippen molar-refractivity contribution in [2.24, 2.45) is 0 Å².